The Labute approximate surface area is 145 Å². The van der Waals surface area contributed by atoms with Crippen LogP contribution in [-0.4, -0.2) is 43.4 Å². The fraction of sp³-hybridized carbons (Fsp3) is 0.579. The van der Waals surface area contributed by atoms with E-state index >= 15 is 0 Å². The third-order valence-electron chi connectivity index (χ3n) is 4.79. The summed E-state index contributed by atoms with van der Waals surface area (Å²) in [7, 11) is 1.82. The number of hydrogen-bond donors (Lipinski definition) is 2. The van der Waals surface area contributed by atoms with E-state index in [0.29, 0.717) is 18.3 Å². The minimum atomic E-state index is -0.208. The second-order valence-electron chi connectivity index (χ2n) is 6.57. The molecule has 1 amide bonds. The average Bonchev–Trinajstić information content (AvgIpc) is 2.59. The van der Waals surface area contributed by atoms with E-state index in [1.54, 1.807) is 0 Å². The predicted octanol–water partition coefficient (Wildman–Crippen LogP) is 2.34. The molecule has 0 radical (unpaired) electrons. The molecule has 1 aliphatic rings. The summed E-state index contributed by atoms with van der Waals surface area (Å²) in [4.78, 5) is 17.9. The van der Waals surface area contributed by atoms with Gasteiger partial charge >= 0.3 is 0 Å². The van der Waals surface area contributed by atoms with Crippen molar-refractivity contribution in [3.8, 4) is 0 Å². The van der Waals surface area contributed by atoms with Crippen LogP contribution in [0.15, 0.2) is 35.3 Å². The van der Waals surface area contributed by atoms with Crippen LogP contribution in [0, 0.1) is 5.92 Å². The zero-order valence-electron chi connectivity index (χ0n) is 14.9. The van der Waals surface area contributed by atoms with Gasteiger partial charge in [-0.25, -0.2) is 0 Å². The summed E-state index contributed by atoms with van der Waals surface area (Å²) in [5, 5.41) is 3.52. The van der Waals surface area contributed by atoms with E-state index in [0.717, 1.165) is 44.9 Å². The molecule has 24 heavy (non-hydrogen) atoms. The topological polar surface area (TPSA) is 70.7 Å². The highest BCUT2D eigenvalue weighted by Gasteiger charge is 2.23. The monoisotopic (exact) mass is 330 g/mol. The van der Waals surface area contributed by atoms with Gasteiger partial charge in [-0.15, -0.1) is 0 Å². The van der Waals surface area contributed by atoms with Crippen LogP contribution in [0.25, 0.3) is 0 Å². The van der Waals surface area contributed by atoms with Crippen molar-refractivity contribution in [3.05, 3.63) is 35.9 Å². The molecule has 0 spiro atoms. The maximum atomic E-state index is 11.2. The Kier molecular flexibility index (Phi) is 7.09. The highest BCUT2D eigenvalue weighted by Crippen LogP contribution is 2.21. The zero-order chi connectivity index (χ0) is 17.4. The number of carbonyl (C=O) groups is 1. The number of aliphatic imine (C=N–C) groups is 1. The zero-order valence-corrected chi connectivity index (χ0v) is 14.9. The number of carbonyl (C=O) groups excluding carboxylic acids is 1. The van der Waals surface area contributed by atoms with E-state index in [1.165, 1.54) is 5.56 Å². The molecule has 1 fully saturated rings. The van der Waals surface area contributed by atoms with Crippen molar-refractivity contribution in [2.75, 3.05) is 26.7 Å². The lowest BCUT2D eigenvalue weighted by Gasteiger charge is -2.35. The van der Waals surface area contributed by atoms with Gasteiger partial charge < -0.3 is 16.0 Å². The number of benzene rings is 1. The van der Waals surface area contributed by atoms with Crippen LogP contribution in [0.1, 0.15) is 44.1 Å². The maximum Gasteiger partial charge on any atom is 0.217 e. The fourth-order valence-corrected chi connectivity index (χ4v) is 3.48. The minimum Gasteiger partial charge on any atom is -0.370 e. The van der Waals surface area contributed by atoms with E-state index in [-0.39, 0.29) is 5.91 Å². The summed E-state index contributed by atoms with van der Waals surface area (Å²) in [6.45, 7) is 4.91. The first-order valence-corrected chi connectivity index (χ1v) is 8.92. The van der Waals surface area contributed by atoms with Crippen LogP contribution in [0.4, 0.5) is 0 Å². The Morgan fingerprint density at radius 2 is 2.17 bits per heavy atom. The first kappa shape index (κ1) is 18.3. The molecule has 2 unspecified atom stereocenters. The summed E-state index contributed by atoms with van der Waals surface area (Å²) in [6, 6.07) is 10.6. The fourth-order valence-electron chi connectivity index (χ4n) is 3.48. The molecule has 132 valence electrons. The highest BCUT2D eigenvalue weighted by atomic mass is 16.1. The number of nitrogens with two attached hydrogens (primary N) is 1. The largest absolute Gasteiger partial charge is 0.370 e. The van der Waals surface area contributed by atoms with Gasteiger partial charge in [0.2, 0.25) is 5.91 Å². The van der Waals surface area contributed by atoms with Crippen molar-refractivity contribution >= 4 is 11.9 Å². The van der Waals surface area contributed by atoms with Crippen LogP contribution < -0.4 is 11.1 Å². The molecule has 0 saturated carbocycles. The van der Waals surface area contributed by atoms with Gasteiger partial charge in [0.25, 0.3) is 0 Å². The molecular formula is C19H30N4O. The van der Waals surface area contributed by atoms with Crippen molar-refractivity contribution in [2.45, 2.75) is 38.5 Å². The Hall–Kier alpha value is -2.04. The average molecular weight is 330 g/mol. The molecule has 1 aromatic carbocycles. The smallest absolute Gasteiger partial charge is 0.217 e. The SMILES string of the molecule is CCC(CNC(=NC)N1CCCC(CC(N)=O)C1)c1ccccc1. The summed E-state index contributed by atoms with van der Waals surface area (Å²) in [5.41, 5.74) is 6.71. The Bertz CT molecular complexity index is 544. The molecule has 1 saturated heterocycles. The number of piperidine rings is 1. The van der Waals surface area contributed by atoms with Crippen LogP contribution in [0.2, 0.25) is 0 Å². The summed E-state index contributed by atoms with van der Waals surface area (Å²) in [6.07, 6.45) is 3.69. The minimum absolute atomic E-state index is 0.208. The Morgan fingerprint density at radius 1 is 1.42 bits per heavy atom. The van der Waals surface area contributed by atoms with Crippen molar-refractivity contribution in [3.63, 3.8) is 0 Å². The van der Waals surface area contributed by atoms with Crippen LogP contribution in [-0.2, 0) is 4.79 Å². The quantitative estimate of drug-likeness (QED) is 0.621. The second kappa shape index (κ2) is 9.30. The number of primary amides is 1. The summed E-state index contributed by atoms with van der Waals surface area (Å²) < 4.78 is 0. The molecule has 0 aromatic heterocycles. The summed E-state index contributed by atoms with van der Waals surface area (Å²) in [5.74, 6) is 1.53. The molecule has 5 nitrogen and oxygen atoms in total. The lowest BCUT2D eigenvalue weighted by Crippen LogP contribution is -2.48. The van der Waals surface area contributed by atoms with E-state index in [4.69, 9.17) is 5.73 Å². The molecule has 1 aromatic rings. The van der Waals surface area contributed by atoms with Gasteiger partial charge in [0.1, 0.15) is 0 Å². The molecule has 0 aliphatic carbocycles. The number of nitrogens with one attached hydrogen (secondary N) is 1. The van der Waals surface area contributed by atoms with Crippen molar-refractivity contribution < 1.29 is 4.79 Å². The van der Waals surface area contributed by atoms with Crippen LogP contribution >= 0.6 is 0 Å². The van der Waals surface area contributed by atoms with Crippen LogP contribution in [0.3, 0.4) is 0 Å². The molecule has 0 bridgehead atoms. The second-order valence-corrected chi connectivity index (χ2v) is 6.57. The third-order valence-corrected chi connectivity index (χ3v) is 4.79. The van der Waals surface area contributed by atoms with Crippen LogP contribution in [0.5, 0.6) is 0 Å². The maximum absolute atomic E-state index is 11.2. The first-order valence-electron chi connectivity index (χ1n) is 8.92. The van der Waals surface area contributed by atoms with Gasteiger partial charge in [0.05, 0.1) is 0 Å². The van der Waals surface area contributed by atoms with Gasteiger partial charge in [-0.1, -0.05) is 37.3 Å². The molecule has 5 heteroatoms. The predicted molar refractivity (Wildman–Crippen MR) is 98.9 cm³/mol. The highest BCUT2D eigenvalue weighted by molar-refractivity contribution is 5.80. The van der Waals surface area contributed by atoms with Gasteiger partial charge in [0.15, 0.2) is 5.96 Å². The number of amides is 1. The molecule has 1 heterocycles. The Balaban J connectivity index is 1.92. The lowest BCUT2D eigenvalue weighted by molar-refractivity contribution is -0.119. The normalized spacial score (nSPS) is 19.8. The van der Waals surface area contributed by atoms with E-state index in [2.05, 4.69) is 52.5 Å². The third kappa shape index (κ3) is 5.25. The molecule has 2 atom stereocenters. The molecule has 3 N–H and O–H groups in total. The van der Waals surface area contributed by atoms with Crippen molar-refractivity contribution in [1.29, 1.82) is 0 Å². The molecular weight excluding hydrogens is 300 g/mol. The number of guanidine groups is 1. The van der Waals surface area contributed by atoms with E-state index < -0.39 is 0 Å². The van der Waals surface area contributed by atoms with Gasteiger partial charge in [-0.2, -0.15) is 0 Å². The van der Waals surface area contributed by atoms with Crippen molar-refractivity contribution in [2.24, 2.45) is 16.6 Å². The van der Waals surface area contributed by atoms with Gasteiger partial charge in [0, 0.05) is 39.0 Å². The van der Waals surface area contributed by atoms with Gasteiger partial charge in [-0.05, 0) is 30.7 Å². The summed E-state index contributed by atoms with van der Waals surface area (Å²) >= 11 is 0. The Morgan fingerprint density at radius 3 is 2.79 bits per heavy atom. The molecule has 1 aliphatic heterocycles. The first-order chi connectivity index (χ1) is 11.6. The van der Waals surface area contributed by atoms with Gasteiger partial charge in [-0.3, -0.25) is 9.79 Å². The van der Waals surface area contributed by atoms with Crippen molar-refractivity contribution in [1.82, 2.24) is 10.2 Å². The number of rotatable bonds is 6. The van der Waals surface area contributed by atoms with E-state index in [9.17, 15) is 4.79 Å². The number of hydrogen-bond acceptors (Lipinski definition) is 2. The molecule has 2 rings (SSSR count). The van der Waals surface area contributed by atoms with E-state index in [1.807, 2.05) is 7.05 Å². The number of nitrogens with zero attached hydrogens (tertiary/aromatic N) is 2. The number of likely N-dealkylation sites (tertiary alicyclic amines) is 1. The standard InChI is InChI=1S/C19H30N4O/c1-3-16(17-9-5-4-6-10-17)13-22-19(21-2)23-11-7-8-15(14-23)12-18(20)24/h4-6,9-10,15-16H,3,7-8,11-14H2,1-2H3,(H2,20,24)(H,21,22). The lowest BCUT2D eigenvalue weighted by atomic mass is 9.94.